The smallest absolute Gasteiger partial charge is 0.341 e. The Hall–Kier alpha value is -1.51. The van der Waals surface area contributed by atoms with E-state index >= 15 is 0 Å². The van der Waals surface area contributed by atoms with Gasteiger partial charge in [0.25, 0.3) is 0 Å². The molecule has 0 fully saturated rings. The van der Waals surface area contributed by atoms with Crippen LogP contribution >= 0.6 is 0 Å². The van der Waals surface area contributed by atoms with Crippen molar-refractivity contribution in [2.45, 2.75) is 117 Å². The van der Waals surface area contributed by atoms with Gasteiger partial charge in [0.15, 0.2) is 6.61 Å². The van der Waals surface area contributed by atoms with Crippen LogP contribution in [0, 0.1) is 0 Å². The number of benzene rings is 1. The third-order valence-corrected chi connectivity index (χ3v) is 5.59. The van der Waals surface area contributed by atoms with Gasteiger partial charge in [-0.25, -0.2) is 4.79 Å². The van der Waals surface area contributed by atoms with Crippen LogP contribution in [-0.2, 0) is 17.6 Å². The van der Waals surface area contributed by atoms with E-state index in [2.05, 4.69) is 26.0 Å². The summed E-state index contributed by atoms with van der Waals surface area (Å²) in [7, 11) is 0. The van der Waals surface area contributed by atoms with Gasteiger partial charge in [-0.2, -0.15) is 0 Å². The predicted octanol–water partition coefficient (Wildman–Crippen LogP) is 7.74. The summed E-state index contributed by atoms with van der Waals surface area (Å²) in [6, 6.07) is 6.35. The Kier molecular flexibility index (Phi) is 15.3. The summed E-state index contributed by atoms with van der Waals surface area (Å²) in [4.78, 5) is 10.9. The molecular weight excluding hydrogens is 360 g/mol. The van der Waals surface area contributed by atoms with Crippen LogP contribution in [0.25, 0.3) is 0 Å². The van der Waals surface area contributed by atoms with E-state index in [1.165, 1.54) is 94.6 Å². The zero-order valence-electron chi connectivity index (χ0n) is 19.0. The highest BCUT2D eigenvalue weighted by atomic mass is 16.5. The molecule has 0 atom stereocenters. The fourth-order valence-electron chi connectivity index (χ4n) is 3.82. The van der Waals surface area contributed by atoms with Crippen LogP contribution in [0.2, 0.25) is 0 Å². The number of carbonyl (C=O) groups is 1. The van der Waals surface area contributed by atoms with E-state index in [0.29, 0.717) is 0 Å². The maximum atomic E-state index is 10.9. The Balaban J connectivity index is 2.45. The normalized spacial score (nSPS) is 11.0. The Morgan fingerprint density at radius 1 is 0.759 bits per heavy atom. The van der Waals surface area contributed by atoms with Crippen molar-refractivity contribution >= 4 is 5.97 Å². The maximum Gasteiger partial charge on any atom is 0.341 e. The van der Waals surface area contributed by atoms with Crippen molar-refractivity contribution in [3.05, 3.63) is 29.3 Å². The lowest BCUT2D eigenvalue weighted by Gasteiger charge is -2.13. The van der Waals surface area contributed by atoms with Gasteiger partial charge < -0.3 is 9.84 Å². The van der Waals surface area contributed by atoms with Gasteiger partial charge in [0.05, 0.1) is 0 Å². The van der Waals surface area contributed by atoms with Gasteiger partial charge in [-0.15, -0.1) is 0 Å². The van der Waals surface area contributed by atoms with Crippen molar-refractivity contribution < 1.29 is 14.6 Å². The molecule has 0 aliphatic carbocycles. The zero-order chi connectivity index (χ0) is 21.2. The summed E-state index contributed by atoms with van der Waals surface area (Å²) in [5, 5.41) is 8.93. The number of aliphatic carboxylic acids is 1. The lowest BCUT2D eigenvalue weighted by molar-refractivity contribution is -0.139. The largest absolute Gasteiger partial charge is 0.482 e. The molecule has 0 aliphatic rings. The molecule has 0 aromatic heterocycles. The van der Waals surface area contributed by atoms with Gasteiger partial charge in [-0.3, -0.25) is 0 Å². The number of unbranched alkanes of at least 4 members (excludes halogenated alkanes) is 12. The molecule has 1 aromatic carbocycles. The van der Waals surface area contributed by atoms with E-state index < -0.39 is 5.97 Å². The van der Waals surface area contributed by atoms with Gasteiger partial charge in [0.1, 0.15) is 5.75 Å². The molecule has 0 radical (unpaired) electrons. The minimum atomic E-state index is -0.918. The van der Waals surface area contributed by atoms with Gasteiger partial charge >= 0.3 is 5.97 Å². The van der Waals surface area contributed by atoms with Crippen LogP contribution in [0.4, 0.5) is 0 Å². The van der Waals surface area contributed by atoms with E-state index in [4.69, 9.17) is 9.84 Å². The van der Waals surface area contributed by atoms with E-state index in [1.807, 2.05) is 6.07 Å². The molecule has 3 heteroatoms. The van der Waals surface area contributed by atoms with Crippen molar-refractivity contribution in [2.24, 2.45) is 0 Å². The number of hydrogen-bond acceptors (Lipinski definition) is 2. The molecule has 0 saturated carbocycles. The fraction of sp³-hybridized carbons (Fsp3) is 0.731. The zero-order valence-corrected chi connectivity index (χ0v) is 19.0. The maximum absolute atomic E-state index is 10.9. The van der Waals surface area contributed by atoms with Crippen molar-refractivity contribution in [2.75, 3.05) is 6.61 Å². The van der Waals surface area contributed by atoms with Crippen LogP contribution in [0.3, 0.4) is 0 Å². The number of rotatable bonds is 19. The minimum Gasteiger partial charge on any atom is -0.482 e. The summed E-state index contributed by atoms with van der Waals surface area (Å²) in [6.07, 6.45) is 20.3. The molecule has 0 unspecified atom stereocenters. The second kappa shape index (κ2) is 17.4. The second-order valence-electron chi connectivity index (χ2n) is 8.37. The first-order valence-corrected chi connectivity index (χ1v) is 12.1. The molecule has 29 heavy (non-hydrogen) atoms. The quantitative estimate of drug-likeness (QED) is 0.240. The number of carboxylic acids is 1. The third kappa shape index (κ3) is 13.4. The first-order valence-electron chi connectivity index (χ1n) is 12.1. The van der Waals surface area contributed by atoms with E-state index in [1.54, 1.807) is 0 Å². The number of aryl methyl sites for hydroxylation is 2. The van der Waals surface area contributed by atoms with Gasteiger partial charge in [0, 0.05) is 0 Å². The third-order valence-electron chi connectivity index (χ3n) is 5.59. The monoisotopic (exact) mass is 404 g/mol. The first kappa shape index (κ1) is 25.5. The summed E-state index contributed by atoms with van der Waals surface area (Å²) in [5.74, 6) is -0.166. The average molecular weight is 405 g/mol. The lowest BCUT2D eigenvalue weighted by atomic mass is 9.99. The average Bonchev–Trinajstić information content (AvgIpc) is 2.71. The van der Waals surface area contributed by atoms with Gasteiger partial charge in [-0.1, -0.05) is 103 Å². The Morgan fingerprint density at radius 2 is 1.28 bits per heavy atom. The molecule has 0 aliphatic heterocycles. The van der Waals surface area contributed by atoms with E-state index in [0.717, 1.165) is 25.0 Å². The van der Waals surface area contributed by atoms with Gasteiger partial charge in [-0.05, 0) is 42.9 Å². The highest BCUT2D eigenvalue weighted by Crippen LogP contribution is 2.24. The molecule has 1 N–H and O–H groups in total. The van der Waals surface area contributed by atoms with Crippen LogP contribution in [0.5, 0.6) is 5.75 Å². The Bertz CT molecular complexity index is 539. The molecule has 3 nitrogen and oxygen atoms in total. The number of carboxylic acid groups (broad SMARTS) is 1. The molecular formula is C26H44O3. The molecule has 0 saturated heterocycles. The summed E-state index contributed by atoms with van der Waals surface area (Å²) in [5.41, 5.74) is 2.54. The lowest BCUT2D eigenvalue weighted by Crippen LogP contribution is -2.10. The summed E-state index contributed by atoms with van der Waals surface area (Å²) >= 11 is 0. The molecule has 0 spiro atoms. The van der Waals surface area contributed by atoms with Crippen molar-refractivity contribution in [3.63, 3.8) is 0 Å². The molecule has 166 valence electrons. The van der Waals surface area contributed by atoms with Crippen LogP contribution < -0.4 is 4.74 Å². The first-order chi connectivity index (χ1) is 14.2. The Labute approximate surface area is 179 Å². The molecule has 0 bridgehead atoms. The van der Waals surface area contributed by atoms with E-state index in [9.17, 15) is 4.79 Å². The van der Waals surface area contributed by atoms with E-state index in [-0.39, 0.29) is 6.61 Å². The van der Waals surface area contributed by atoms with Crippen molar-refractivity contribution in [3.8, 4) is 5.75 Å². The molecule has 1 rings (SSSR count). The Morgan fingerprint density at radius 3 is 1.83 bits per heavy atom. The highest BCUT2D eigenvalue weighted by molar-refractivity contribution is 5.68. The van der Waals surface area contributed by atoms with Crippen molar-refractivity contribution in [1.29, 1.82) is 0 Å². The minimum absolute atomic E-state index is 0.263. The fourth-order valence-corrected chi connectivity index (χ4v) is 3.82. The summed E-state index contributed by atoms with van der Waals surface area (Å²) in [6.45, 7) is 4.24. The molecule has 1 aromatic rings. The predicted molar refractivity (Wildman–Crippen MR) is 123 cm³/mol. The highest BCUT2D eigenvalue weighted by Gasteiger charge is 2.08. The standard InChI is InChI=1S/C26H44O3/c1-3-5-7-9-11-13-15-17-23-19-20-25(29-22-26(27)28)24(21-23)18-16-14-12-10-8-6-4-2/h19-21H,3-18,22H2,1-2H3,(H,27,28). The van der Waals surface area contributed by atoms with Crippen LogP contribution in [0.15, 0.2) is 18.2 Å². The molecule has 0 heterocycles. The van der Waals surface area contributed by atoms with Gasteiger partial charge in [0.2, 0.25) is 0 Å². The molecule has 0 amide bonds. The topological polar surface area (TPSA) is 46.5 Å². The van der Waals surface area contributed by atoms with Crippen LogP contribution in [0.1, 0.15) is 115 Å². The van der Waals surface area contributed by atoms with Crippen molar-refractivity contribution in [1.82, 2.24) is 0 Å². The van der Waals surface area contributed by atoms with Crippen LogP contribution in [-0.4, -0.2) is 17.7 Å². The summed E-state index contributed by atoms with van der Waals surface area (Å²) < 4.78 is 5.54. The SMILES string of the molecule is CCCCCCCCCc1ccc(OCC(=O)O)c(CCCCCCCCC)c1. The number of hydrogen-bond donors (Lipinski definition) is 1. The number of ether oxygens (including phenoxy) is 1. The second-order valence-corrected chi connectivity index (χ2v) is 8.37.